The third-order valence-corrected chi connectivity index (χ3v) is 2.79. The smallest absolute Gasteiger partial charge is 0.230 e. The standard InChI is InChI=1S/C13H16N2O4/c1-16-7-8-4-12(18-3)9(5-11(8)17-2)10-6-15-19-13(10)14/h4-6H,7,14H2,1-3H3. The molecule has 0 aliphatic heterocycles. The number of aromatic nitrogens is 1. The maximum Gasteiger partial charge on any atom is 0.230 e. The molecule has 0 fully saturated rings. The van der Waals surface area contributed by atoms with Gasteiger partial charge in [-0.25, -0.2) is 0 Å². The van der Waals surface area contributed by atoms with Crippen molar-refractivity contribution in [2.24, 2.45) is 0 Å². The van der Waals surface area contributed by atoms with Gasteiger partial charge in [0.05, 0.1) is 32.6 Å². The molecule has 1 aromatic carbocycles. The Hall–Kier alpha value is -2.21. The number of nitrogen functional groups attached to an aromatic ring is 1. The molecule has 0 aliphatic carbocycles. The number of hydrogen-bond acceptors (Lipinski definition) is 6. The van der Waals surface area contributed by atoms with Gasteiger partial charge in [0.1, 0.15) is 11.5 Å². The van der Waals surface area contributed by atoms with Gasteiger partial charge in [0.15, 0.2) is 0 Å². The molecule has 2 aromatic rings. The van der Waals surface area contributed by atoms with Crippen LogP contribution in [0.25, 0.3) is 11.1 Å². The average Bonchev–Trinajstić information content (AvgIpc) is 2.84. The Bertz CT molecular complexity index is 566. The maximum absolute atomic E-state index is 5.73. The Balaban J connectivity index is 2.57. The highest BCUT2D eigenvalue weighted by molar-refractivity contribution is 5.78. The molecule has 0 saturated carbocycles. The summed E-state index contributed by atoms with van der Waals surface area (Å²) in [5.41, 5.74) is 8.05. The molecule has 6 heteroatoms. The van der Waals surface area contributed by atoms with Crippen LogP contribution in [0.3, 0.4) is 0 Å². The minimum atomic E-state index is 0.236. The third-order valence-electron chi connectivity index (χ3n) is 2.79. The van der Waals surface area contributed by atoms with Gasteiger partial charge in [0.2, 0.25) is 5.88 Å². The Labute approximate surface area is 111 Å². The Morgan fingerprint density at radius 3 is 2.37 bits per heavy atom. The van der Waals surface area contributed by atoms with E-state index in [0.717, 1.165) is 11.1 Å². The molecule has 0 spiro atoms. The van der Waals surface area contributed by atoms with Crippen molar-refractivity contribution in [1.82, 2.24) is 5.16 Å². The second kappa shape index (κ2) is 5.62. The van der Waals surface area contributed by atoms with Crippen molar-refractivity contribution in [3.8, 4) is 22.6 Å². The lowest BCUT2D eigenvalue weighted by Crippen LogP contribution is -1.98. The molecule has 0 radical (unpaired) electrons. The van der Waals surface area contributed by atoms with Crippen LogP contribution in [-0.2, 0) is 11.3 Å². The third kappa shape index (κ3) is 2.48. The van der Waals surface area contributed by atoms with Crippen LogP contribution in [0.4, 0.5) is 5.88 Å². The van der Waals surface area contributed by atoms with E-state index < -0.39 is 0 Å². The number of rotatable bonds is 5. The van der Waals surface area contributed by atoms with E-state index in [1.54, 1.807) is 27.5 Å². The van der Waals surface area contributed by atoms with E-state index in [1.807, 2.05) is 12.1 Å². The van der Waals surface area contributed by atoms with E-state index in [-0.39, 0.29) is 5.88 Å². The zero-order valence-corrected chi connectivity index (χ0v) is 11.1. The summed E-state index contributed by atoms with van der Waals surface area (Å²) in [7, 11) is 4.81. The lowest BCUT2D eigenvalue weighted by atomic mass is 10.0. The molecular formula is C13H16N2O4. The molecular weight excluding hydrogens is 248 g/mol. The molecule has 0 saturated heterocycles. The van der Waals surface area contributed by atoms with Gasteiger partial charge in [-0.05, 0) is 12.1 Å². The zero-order valence-electron chi connectivity index (χ0n) is 11.1. The topological polar surface area (TPSA) is 79.7 Å². The first-order valence-electron chi connectivity index (χ1n) is 5.65. The number of methoxy groups -OCH3 is 3. The quantitative estimate of drug-likeness (QED) is 0.890. The normalized spacial score (nSPS) is 10.5. The Morgan fingerprint density at radius 2 is 1.84 bits per heavy atom. The van der Waals surface area contributed by atoms with Crippen molar-refractivity contribution in [2.45, 2.75) is 6.61 Å². The van der Waals surface area contributed by atoms with Crippen LogP contribution < -0.4 is 15.2 Å². The molecule has 102 valence electrons. The van der Waals surface area contributed by atoms with Gasteiger partial charge >= 0.3 is 0 Å². The number of nitrogens with two attached hydrogens (primary N) is 1. The van der Waals surface area contributed by atoms with E-state index in [1.165, 1.54) is 0 Å². The first kappa shape index (κ1) is 13.2. The fourth-order valence-corrected chi connectivity index (χ4v) is 1.89. The van der Waals surface area contributed by atoms with Crippen LogP contribution in [0.1, 0.15) is 5.56 Å². The Morgan fingerprint density at radius 1 is 1.11 bits per heavy atom. The molecule has 1 heterocycles. The van der Waals surface area contributed by atoms with Gasteiger partial charge in [-0.3, -0.25) is 0 Å². The lowest BCUT2D eigenvalue weighted by molar-refractivity contribution is 0.181. The summed E-state index contributed by atoms with van der Waals surface area (Å²) in [4.78, 5) is 0. The maximum atomic E-state index is 5.73. The summed E-state index contributed by atoms with van der Waals surface area (Å²) in [5.74, 6) is 1.58. The van der Waals surface area contributed by atoms with Crippen molar-refractivity contribution >= 4 is 5.88 Å². The van der Waals surface area contributed by atoms with Gasteiger partial charge < -0.3 is 24.5 Å². The fraction of sp³-hybridized carbons (Fsp3) is 0.308. The van der Waals surface area contributed by atoms with Crippen LogP contribution in [0.15, 0.2) is 22.9 Å². The molecule has 0 aliphatic rings. The fourth-order valence-electron chi connectivity index (χ4n) is 1.89. The number of benzene rings is 1. The van der Waals surface area contributed by atoms with Gasteiger partial charge in [-0.15, -0.1) is 0 Å². The predicted octanol–water partition coefficient (Wildman–Crippen LogP) is 2.09. The minimum absolute atomic E-state index is 0.236. The SMILES string of the molecule is COCc1cc(OC)c(-c2cnoc2N)cc1OC. The first-order chi connectivity index (χ1) is 9.21. The van der Waals surface area contributed by atoms with E-state index in [0.29, 0.717) is 23.7 Å². The molecule has 1 aromatic heterocycles. The molecule has 2 rings (SSSR count). The highest BCUT2D eigenvalue weighted by Crippen LogP contribution is 2.38. The molecule has 0 atom stereocenters. The first-order valence-corrected chi connectivity index (χ1v) is 5.65. The summed E-state index contributed by atoms with van der Waals surface area (Å²) in [6, 6.07) is 3.68. The summed E-state index contributed by atoms with van der Waals surface area (Å²) >= 11 is 0. The zero-order chi connectivity index (χ0) is 13.8. The van der Waals surface area contributed by atoms with Crippen molar-refractivity contribution < 1.29 is 18.7 Å². The van der Waals surface area contributed by atoms with Crippen molar-refractivity contribution in [3.05, 3.63) is 23.9 Å². The van der Waals surface area contributed by atoms with Crippen LogP contribution in [0, 0.1) is 0 Å². The van der Waals surface area contributed by atoms with E-state index >= 15 is 0 Å². The molecule has 2 N–H and O–H groups in total. The van der Waals surface area contributed by atoms with Crippen molar-refractivity contribution in [1.29, 1.82) is 0 Å². The van der Waals surface area contributed by atoms with Gasteiger partial charge in [0.25, 0.3) is 0 Å². The average molecular weight is 264 g/mol. The number of anilines is 1. The monoisotopic (exact) mass is 264 g/mol. The molecule has 6 nitrogen and oxygen atoms in total. The largest absolute Gasteiger partial charge is 0.496 e. The molecule has 19 heavy (non-hydrogen) atoms. The van der Waals surface area contributed by atoms with Crippen LogP contribution in [0.2, 0.25) is 0 Å². The summed E-state index contributed by atoms with van der Waals surface area (Å²) in [6.45, 7) is 0.429. The van der Waals surface area contributed by atoms with Crippen LogP contribution in [0.5, 0.6) is 11.5 Å². The summed E-state index contributed by atoms with van der Waals surface area (Å²) in [5, 5.41) is 3.67. The van der Waals surface area contributed by atoms with E-state index in [4.69, 9.17) is 24.5 Å². The number of hydrogen-bond donors (Lipinski definition) is 1. The second-order valence-electron chi connectivity index (χ2n) is 3.90. The van der Waals surface area contributed by atoms with Crippen molar-refractivity contribution in [3.63, 3.8) is 0 Å². The van der Waals surface area contributed by atoms with E-state index in [9.17, 15) is 0 Å². The van der Waals surface area contributed by atoms with Gasteiger partial charge in [-0.2, -0.15) is 0 Å². The van der Waals surface area contributed by atoms with Crippen LogP contribution >= 0.6 is 0 Å². The summed E-state index contributed by atoms with van der Waals surface area (Å²) < 4.78 is 20.7. The molecule has 0 amide bonds. The summed E-state index contributed by atoms with van der Waals surface area (Å²) in [6.07, 6.45) is 1.54. The van der Waals surface area contributed by atoms with Gasteiger partial charge in [0, 0.05) is 18.2 Å². The van der Waals surface area contributed by atoms with Crippen molar-refractivity contribution in [2.75, 3.05) is 27.1 Å². The number of nitrogens with zero attached hydrogens (tertiary/aromatic N) is 1. The van der Waals surface area contributed by atoms with E-state index in [2.05, 4.69) is 5.16 Å². The predicted molar refractivity (Wildman–Crippen MR) is 70.2 cm³/mol. The lowest BCUT2D eigenvalue weighted by Gasteiger charge is -2.13. The minimum Gasteiger partial charge on any atom is -0.496 e. The molecule has 0 bridgehead atoms. The van der Waals surface area contributed by atoms with Gasteiger partial charge in [-0.1, -0.05) is 5.16 Å². The number of ether oxygens (including phenoxy) is 3. The van der Waals surface area contributed by atoms with Crippen LogP contribution in [-0.4, -0.2) is 26.5 Å². The Kier molecular flexibility index (Phi) is 3.91. The highest BCUT2D eigenvalue weighted by atomic mass is 16.5. The molecule has 0 unspecified atom stereocenters. The second-order valence-corrected chi connectivity index (χ2v) is 3.90. The highest BCUT2D eigenvalue weighted by Gasteiger charge is 2.16.